The number of carbonyl (C=O) groups is 1. The average molecular weight is 282 g/mol. The third-order valence-electron chi connectivity index (χ3n) is 3.36. The lowest BCUT2D eigenvalue weighted by atomic mass is 10.2. The minimum Gasteiger partial charge on any atom is -0.334 e. The number of carbonyl (C=O) groups excluding carboxylic acids is 1. The molecule has 1 unspecified atom stereocenters. The molecule has 0 radical (unpaired) electrons. The molecule has 1 aromatic rings. The summed E-state index contributed by atoms with van der Waals surface area (Å²) in [6.45, 7) is 0.448. The second kappa shape index (κ2) is 5.61. The van der Waals surface area contributed by atoms with Gasteiger partial charge in [-0.1, -0.05) is 30.3 Å². The molecule has 0 bridgehead atoms. The van der Waals surface area contributed by atoms with Crippen molar-refractivity contribution in [3.05, 3.63) is 35.9 Å². The Morgan fingerprint density at radius 1 is 1.37 bits per heavy atom. The van der Waals surface area contributed by atoms with Gasteiger partial charge in [-0.25, -0.2) is 13.2 Å². The molecule has 1 atom stereocenters. The van der Waals surface area contributed by atoms with Gasteiger partial charge in [-0.2, -0.15) is 0 Å². The molecule has 0 spiro atoms. The number of rotatable bonds is 3. The van der Waals surface area contributed by atoms with Crippen molar-refractivity contribution in [2.45, 2.75) is 19.0 Å². The number of amides is 2. The van der Waals surface area contributed by atoms with E-state index < -0.39 is 9.84 Å². The van der Waals surface area contributed by atoms with Crippen molar-refractivity contribution in [3.8, 4) is 0 Å². The van der Waals surface area contributed by atoms with Crippen LogP contribution in [-0.4, -0.2) is 43.9 Å². The number of nitrogens with zero attached hydrogens (tertiary/aromatic N) is 1. The number of urea groups is 1. The Labute approximate surface area is 113 Å². The van der Waals surface area contributed by atoms with E-state index >= 15 is 0 Å². The molecule has 1 aliphatic heterocycles. The first kappa shape index (κ1) is 13.9. The molecule has 19 heavy (non-hydrogen) atoms. The quantitative estimate of drug-likeness (QED) is 0.900. The van der Waals surface area contributed by atoms with Gasteiger partial charge in [0.2, 0.25) is 0 Å². The van der Waals surface area contributed by atoms with E-state index in [1.54, 1.807) is 7.05 Å². The highest BCUT2D eigenvalue weighted by Gasteiger charge is 2.32. The van der Waals surface area contributed by atoms with Crippen LogP contribution in [0.15, 0.2) is 30.3 Å². The molecule has 1 aliphatic rings. The van der Waals surface area contributed by atoms with Crippen LogP contribution in [0.4, 0.5) is 4.79 Å². The summed E-state index contributed by atoms with van der Waals surface area (Å²) in [5, 5.41) is 2.80. The third kappa shape index (κ3) is 3.70. The van der Waals surface area contributed by atoms with Crippen molar-refractivity contribution in [1.82, 2.24) is 10.2 Å². The minimum absolute atomic E-state index is 0.0717. The summed E-state index contributed by atoms with van der Waals surface area (Å²) in [5.74, 6) is 0.246. The number of hydrogen-bond acceptors (Lipinski definition) is 3. The van der Waals surface area contributed by atoms with Gasteiger partial charge in [0.05, 0.1) is 11.5 Å². The maximum absolute atomic E-state index is 11.9. The topological polar surface area (TPSA) is 66.5 Å². The molecule has 6 heteroatoms. The van der Waals surface area contributed by atoms with E-state index in [2.05, 4.69) is 5.32 Å². The van der Waals surface area contributed by atoms with Gasteiger partial charge in [0, 0.05) is 19.6 Å². The first-order chi connectivity index (χ1) is 8.98. The molecule has 1 fully saturated rings. The van der Waals surface area contributed by atoms with Gasteiger partial charge in [0.1, 0.15) is 0 Å². The van der Waals surface area contributed by atoms with Crippen LogP contribution in [0.3, 0.4) is 0 Å². The number of hydrogen-bond donors (Lipinski definition) is 1. The predicted molar refractivity (Wildman–Crippen MR) is 73.5 cm³/mol. The van der Waals surface area contributed by atoms with Crippen LogP contribution < -0.4 is 5.32 Å². The van der Waals surface area contributed by atoms with Gasteiger partial charge in [-0.05, 0) is 12.0 Å². The fraction of sp³-hybridized carbons (Fsp3) is 0.462. The van der Waals surface area contributed by atoms with Crippen LogP contribution in [0.5, 0.6) is 0 Å². The number of benzene rings is 1. The Morgan fingerprint density at radius 2 is 2.05 bits per heavy atom. The van der Waals surface area contributed by atoms with Crippen LogP contribution in [-0.2, 0) is 16.4 Å². The van der Waals surface area contributed by atoms with Crippen molar-refractivity contribution in [3.63, 3.8) is 0 Å². The summed E-state index contributed by atoms with van der Waals surface area (Å²) >= 11 is 0. The highest BCUT2D eigenvalue weighted by Crippen LogP contribution is 2.16. The average Bonchev–Trinajstić information content (AvgIpc) is 2.76. The largest absolute Gasteiger partial charge is 0.334 e. The Balaban J connectivity index is 1.87. The summed E-state index contributed by atoms with van der Waals surface area (Å²) < 4.78 is 22.8. The van der Waals surface area contributed by atoms with Crippen LogP contribution in [0.1, 0.15) is 12.0 Å². The van der Waals surface area contributed by atoms with Crippen molar-refractivity contribution < 1.29 is 13.2 Å². The molecule has 5 nitrogen and oxygen atoms in total. The monoisotopic (exact) mass is 282 g/mol. The van der Waals surface area contributed by atoms with Gasteiger partial charge < -0.3 is 10.2 Å². The maximum Gasteiger partial charge on any atom is 0.317 e. The molecular weight excluding hydrogens is 264 g/mol. The zero-order valence-corrected chi connectivity index (χ0v) is 11.7. The molecular formula is C13H18N2O3S. The minimum atomic E-state index is -2.96. The number of nitrogens with one attached hydrogen (secondary N) is 1. The van der Waals surface area contributed by atoms with E-state index in [9.17, 15) is 13.2 Å². The maximum atomic E-state index is 11.9. The molecule has 1 saturated heterocycles. The van der Waals surface area contributed by atoms with Crippen molar-refractivity contribution in [2.75, 3.05) is 18.6 Å². The zero-order chi connectivity index (χ0) is 13.9. The molecule has 104 valence electrons. The molecule has 1 heterocycles. The standard InChI is InChI=1S/C13H18N2O3S/c1-15(12-7-8-19(17,18)10-12)13(16)14-9-11-5-3-2-4-6-11/h2-6,12H,7-10H2,1H3,(H,14,16). The second-order valence-corrected chi connectivity index (χ2v) is 7.04. The molecule has 1 N–H and O–H groups in total. The molecule has 0 aliphatic carbocycles. The van der Waals surface area contributed by atoms with Gasteiger partial charge >= 0.3 is 6.03 Å². The predicted octanol–water partition coefficient (Wildman–Crippen LogP) is 1.02. The zero-order valence-electron chi connectivity index (χ0n) is 10.9. The van der Waals surface area contributed by atoms with E-state index in [1.165, 1.54) is 4.90 Å². The summed E-state index contributed by atoms with van der Waals surface area (Å²) in [5.41, 5.74) is 1.02. The molecule has 2 rings (SSSR count). The van der Waals surface area contributed by atoms with Crippen molar-refractivity contribution in [1.29, 1.82) is 0 Å². The van der Waals surface area contributed by atoms with Crippen LogP contribution in [0.2, 0.25) is 0 Å². The Bertz CT molecular complexity index is 542. The van der Waals surface area contributed by atoms with Crippen LogP contribution >= 0.6 is 0 Å². The van der Waals surface area contributed by atoms with E-state index in [0.29, 0.717) is 13.0 Å². The summed E-state index contributed by atoms with van der Waals surface area (Å²) in [6, 6.07) is 9.16. The highest BCUT2D eigenvalue weighted by atomic mass is 32.2. The summed E-state index contributed by atoms with van der Waals surface area (Å²) in [7, 11) is -1.32. The summed E-state index contributed by atoms with van der Waals surface area (Å²) in [4.78, 5) is 13.4. The van der Waals surface area contributed by atoms with Crippen LogP contribution in [0, 0.1) is 0 Å². The van der Waals surface area contributed by atoms with Gasteiger partial charge in [-0.3, -0.25) is 0 Å². The van der Waals surface area contributed by atoms with Crippen LogP contribution in [0.25, 0.3) is 0 Å². The lowest BCUT2D eigenvalue weighted by molar-refractivity contribution is 0.194. The smallest absolute Gasteiger partial charge is 0.317 e. The first-order valence-electron chi connectivity index (χ1n) is 6.23. The number of sulfone groups is 1. The van der Waals surface area contributed by atoms with Crippen molar-refractivity contribution in [2.24, 2.45) is 0 Å². The normalized spacial score (nSPS) is 21.0. The lowest BCUT2D eigenvalue weighted by Crippen LogP contribution is -2.43. The SMILES string of the molecule is CN(C(=O)NCc1ccccc1)C1CCS(=O)(=O)C1. The molecule has 1 aromatic carbocycles. The molecule has 2 amide bonds. The fourth-order valence-corrected chi connectivity index (χ4v) is 3.92. The second-order valence-electron chi connectivity index (χ2n) is 4.81. The molecule has 0 aromatic heterocycles. The third-order valence-corrected chi connectivity index (χ3v) is 5.11. The lowest BCUT2D eigenvalue weighted by Gasteiger charge is -2.23. The van der Waals surface area contributed by atoms with Gasteiger partial charge in [-0.15, -0.1) is 0 Å². The van der Waals surface area contributed by atoms with Gasteiger partial charge in [0.25, 0.3) is 0 Å². The highest BCUT2D eigenvalue weighted by molar-refractivity contribution is 7.91. The Kier molecular flexibility index (Phi) is 4.09. The Morgan fingerprint density at radius 3 is 2.63 bits per heavy atom. The Hall–Kier alpha value is -1.56. The van der Waals surface area contributed by atoms with E-state index in [4.69, 9.17) is 0 Å². The first-order valence-corrected chi connectivity index (χ1v) is 8.05. The van der Waals surface area contributed by atoms with E-state index in [-0.39, 0.29) is 23.6 Å². The van der Waals surface area contributed by atoms with E-state index in [1.807, 2.05) is 30.3 Å². The van der Waals surface area contributed by atoms with Gasteiger partial charge in [0.15, 0.2) is 9.84 Å². The van der Waals surface area contributed by atoms with E-state index in [0.717, 1.165) is 5.56 Å². The molecule has 0 saturated carbocycles. The fourth-order valence-electron chi connectivity index (χ4n) is 2.14. The van der Waals surface area contributed by atoms with Crippen molar-refractivity contribution >= 4 is 15.9 Å². The summed E-state index contributed by atoms with van der Waals surface area (Å²) in [6.07, 6.45) is 0.525.